The van der Waals surface area contributed by atoms with Gasteiger partial charge in [0.25, 0.3) is 0 Å². The van der Waals surface area contributed by atoms with Gasteiger partial charge in [-0.1, -0.05) is 19.3 Å². The monoisotopic (exact) mass is 225 g/mol. The summed E-state index contributed by atoms with van der Waals surface area (Å²) in [5, 5.41) is 12.6. The first-order valence-corrected chi connectivity index (χ1v) is 5.56. The third kappa shape index (κ3) is 2.32. The van der Waals surface area contributed by atoms with Gasteiger partial charge in [0.1, 0.15) is 12.2 Å². The molecule has 0 spiro atoms. The number of hydrogen-bond donors (Lipinski definition) is 2. The predicted octanol–water partition coefficient (Wildman–Crippen LogP) is 0.704. The number of aromatic nitrogens is 3. The van der Waals surface area contributed by atoms with E-state index in [1.807, 2.05) is 0 Å². The van der Waals surface area contributed by atoms with Crippen molar-refractivity contribution in [3.8, 4) is 0 Å². The second-order valence-electron chi connectivity index (χ2n) is 4.18. The minimum atomic E-state index is -0.982. The number of carboxylic acids is 1. The molecule has 1 aliphatic rings. The van der Waals surface area contributed by atoms with Crippen LogP contribution in [0.2, 0.25) is 0 Å². The zero-order valence-corrected chi connectivity index (χ0v) is 8.98. The Bertz CT molecular complexity index is 429. The fourth-order valence-corrected chi connectivity index (χ4v) is 2.18. The lowest BCUT2D eigenvalue weighted by atomic mass is 9.96. The molecule has 88 valence electrons. The Morgan fingerprint density at radius 2 is 2.12 bits per heavy atom. The standard InChI is InChI=1S/C10H15N3O3/c14-9(15)6-8-11-10(16)13(12-8)7-4-2-1-3-5-7/h7H,1-6H2,(H,14,15)(H,11,12,16). The van der Waals surface area contributed by atoms with Crippen molar-refractivity contribution in [3.63, 3.8) is 0 Å². The Balaban J connectivity index is 2.17. The highest BCUT2D eigenvalue weighted by atomic mass is 16.4. The van der Waals surface area contributed by atoms with E-state index in [1.165, 1.54) is 11.1 Å². The smallest absolute Gasteiger partial charge is 0.343 e. The van der Waals surface area contributed by atoms with Gasteiger partial charge in [0.15, 0.2) is 0 Å². The number of rotatable bonds is 3. The molecule has 1 fully saturated rings. The molecule has 0 amide bonds. The topological polar surface area (TPSA) is 88.0 Å². The van der Waals surface area contributed by atoms with Crippen LogP contribution in [0, 0.1) is 0 Å². The summed E-state index contributed by atoms with van der Waals surface area (Å²) in [6.07, 6.45) is 5.11. The molecule has 0 aliphatic heterocycles. The van der Waals surface area contributed by atoms with Crippen LogP contribution in [-0.4, -0.2) is 25.8 Å². The number of carboxylic acid groups (broad SMARTS) is 1. The van der Waals surface area contributed by atoms with Crippen molar-refractivity contribution in [2.75, 3.05) is 0 Å². The first-order valence-electron chi connectivity index (χ1n) is 5.56. The molecule has 1 saturated carbocycles. The van der Waals surface area contributed by atoms with E-state index in [2.05, 4.69) is 10.1 Å². The molecule has 1 aliphatic carbocycles. The zero-order valence-electron chi connectivity index (χ0n) is 8.98. The van der Waals surface area contributed by atoms with Crippen molar-refractivity contribution in [2.45, 2.75) is 44.6 Å². The molecule has 0 unspecified atom stereocenters. The van der Waals surface area contributed by atoms with E-state index in [0.29, 0.717) is 0 Å². The molecule has 16 heavy (non-hydrogen) atoms. The summed E-state index contributed by atoms with van der Waals surface area (Å²) in [6, 6.07) is 0.139. The molecule has 6 heteroatoms. The van der Waals surface area contributed by atoms with Crippen LogP contribution >= 0.6 is 0 Å². The number of aromatic amines is 1. The summed E-state index contributed by atoms with van der Waals surface area (Å²) in [5.41, 5.74) is -0.289. The van der Waals surface area contributed by atoms with Gasteiger partial charge in [-0.25, -0.2) is 9.48 Å². The minimum absolute atomic E-state index is 0.139. The van der Waals surface area contributed by atoms with Crippen molar-refractivity contribution in [1.29, 1.82) is 0 Å². The number of carbonyl (C=O) groups is 1. The summed E-state index contributed by atoms with van der Waals surface area (Å²) < 4.78 is 1.41. The quantitative estimate of drug-likeness (QED) is 0.792. The van der Waals surface area contributed by atoms with E-state index in [-0.39, 0.29) is 24.0 Å². The Kier molecular flexibility index (Phi) is 3.07. The van der Waals surface area contributed by atoms with Crippen LogP contribution in [-0.2, 0) is 11.2 Å². The number of nitrogens with one attached hydrogen (secondary N) is 1. The van der Waals surface area contributed by atoms with E-state index in [1.54, 1.807) is 0 Å². The average Bonchev–Trinajstić information content (AvgIpc) is 2.60. The van der Waals surface area contributed by atoms with Crippen LogP contribution in [0.25, 0.3) is 0 Å². The van der Waals surface area contributed by atoms with Crippen molar-refractivity contribution in [3.05, 3.63) is 16.3 Å². The number of H-pyrrole nitrogens is 1. The van der Waals surface area contributed by atoms with Crippen molar-refractivity contribution in [1.82, 2.24) is 14.8 Å². The van der Waals surface area contributed by atoms with Gasteiger partial charge in [-0.3, -0.25) is 9.78 Å². The van der Waals surface area contributed by atoms with Crippen molar-refractivity contribution in [2.24, 2.45) is 0 Å². The molecular formula is C10H15N3O3. The molecule has 1 heterocycles. The van der Waals surface area contributed by atoms with E-state index in [4.69, 9.17) is 5.11 Å². The average molecular weight is 225 g/mol. The highest BCUT2D eigenvalue weighted by molar-refractivity contribution is 5.68. The summed E-state index contributed by atoms with van der Waals surface area (Å²) in [4.78, 5) is 24.6. The van der Waals surface area contributed by atoms with E-state index in [9.17, 15) is 9.59 Å². The van der Waals surface area contributed by atoms with Gasteiger partial charge in [0.05, 0.1) is 6.04 Å². The lowest BCUT2D eigenvalue weighted by Crippen LogP contribution is -2.25. The molecular weight excluding hydrogens is 210 g/mol. The second-order valence-corrected chi connectivity index (χ2v) is 4.18. The predicted molar refractivity (Wildman–Crippen MR) is 56.3 cm³/mol. The molecule has 0 radical (unpaired) electrons. The van der Waals surface area contributed by atoms with Gasteiger partial charge >= 0.3 is 11.7 Å². The third-order valence-corrected chi connectivity index (χ3v) is 2.93. The molecule has 0 atom stereocenters. The van der Waals surface area contributed by atoms with E-state index < -0.39 is 5.97 Å². The summed E-state index contributed by atoms with van der Waals surface area (Å²) >= 11 is 0. The van der Waals surface area contributed by atoms with Crippen LogP contribution < -0.4 is 5.69 Å². The largest absolute Gasteiger partial charge is 0.481 e. The summed E-state index contributed by atoms with van der Waals surface area (Å²) in [5.74, 6) is -0.743. The highest BCUT2D eigenvalue weighted by Gasteiger charge is 2.19. The Labute approximate surface area is 92.3 Å². The lowest BCUT2D eigenvalue weighted by molar-refractivity contribution is -0.136. The zero-order chi connectivity index (χ0) is 11.5. The summed E-state index contributed by atoms with van der Waals surface area (Å²) in [7, 11) is 0. The van der Waals surface area contributed by atoms with Crippen LogP contribution in [0.1, 0.15) is 44.0 Å². The Hall–Kier alpha value is -1.59. The van der Waals surface area contributed by atoms with Gasteiger partial charge in [0, 0.05) is 0 Å². The van der Waals surface area contributed by atoms with Gasteiger partial charge in [0.2, 0.25) is 0 Å². The van der Waals surface area contributed by atoms with E-state index in [0.717, 1.165) is 25.7 Å². The first kappa shape index (κ1) is 10.9. The van der Waals surface area contributed by atoms with Gasteiger partial charge in [-0.15, -0.1) is 0 Å². The van der Waals surface area contributed by atoms with Crippen LogP contribution in [0.15, 0.2) is 4.79 Å². The fraction of sp³-hybridized carbons (Fsp3) is 0.700. The van der Waals surface area contributed by atoms with Gasteiger partial charge in [-0.05, 0) is 12.8 Å². The molecule has 0 saturated heterocycles. The maximum Gasteiger partial charge on any atom is 0.343 e. The molecule has 0 aromatic carbocycles. The molecule has 1 aromatic heterocycles. The fourth-order valence-electron chi connectivity index (χ4n) is 2.18. The Morgan fingerprint density at radius 1 is 1.44 bits per heavy atom. The van der Waals surface area contributed by atoms with Crippen molar-refractivity contribution < 1.29 is 9.90 Å². The maximum atomic E-state index is 11.6. The molecule has 2 rings (SSSR count). The Morgan fingerprint density at radius 3 is 2.75 bits per heavy atom. The summed E-state index contributed by atoms with van der Waals surface area (Å²) in [6.45, 7) is 0. The molecule has 0 bridgehead atoms. The first-order chi connectivity index (χ1) is 7.66. The molecule has 2 N–H and O–H groups in total. The number of aliphatic carboxylic acids is 1. The third-order valence-electron chi connectivity index (χ3n) is 2.93. The number of nitrogens with zero attached hydrogens (tertiary/aromatic N) is 2. The minimum Gasteiger partial charge on any atom is -0.481 e. The number of hydrogen-bond acceptors (Lipinski definition) is 3. The van der Waals surface area contributed by atoms with Gasteiger partial charge in [-0.2, -0.15) is 5.10 Å². The second kappa shape index (κ2) is 4.51. The SMILES string of the molecule is O=C(O)Cc1nn(C2CCCCC2)c(=O)[nH]1. The van der Waals surface area contributed by atoms with Gasteiger partial charge < -0.3 is 5.11 Å². The van der Waals surface area contributed by atoms with Crippen LogP contribution in [0.5, 0.6) is 0 Å². The maximum absolute atomic E-state index is 11.6. The highest BCUT2D eigenvalue weighted by Crippen LogP contribution is 2.26. The normalized spacial score (nSPS) is 17.5. The van der Waals surface area contributed by atoms with E-state index >= 15 is 0 Å². The van der Waals surface area contributed by atoms with Crippen LogP contribution in [0.3, 0.4) is 0 Å². The molecule has 6 nitrogen and oxygen atoms in total. The molecule has 1 aromatic rings. The van der Waals surface area contributed by atoms with Crippen molar-refractivity contribution >= 4 is 5.97 Å². The lowest BCUT2D eigenvalue weighted by Gasteiger charge is -2.20. The van der Waals surface area contributed by atoms with Crippen LogP contribution in [0.4, 0.5) is 0 Å².